The highest BCUT2D eigenvalue weighted by Gasteiger charge is 2.91. The number of hydrogen-bond donors (Lipinski definition) is 0. The van der Waals surface area contributed by atoms with Gasteiger partial charge in [-0.05, 0) is 373 Å². The number of hydrogen-bond acceptors (Lipinski definition) is 1. The summed E-state index contributed by atoms with van der Waals surface area (Å²) in [4.78, 5) is 0. The number of fused-ring (bicyclic) bond motifs is 2. The van der Waals surface area contributed by atoms with Crippen molar-refractivity contribution in [3.8, 4) is 0 Å². The molecule has 28 rings (SSSR count). The van der Waals surface area contributed by atoms with E-state index in [1.54, 1.807) is 103 Å². The van der Waals surface area contributed by atoms with Gasteiger partial charge < -0.3 is 4.74 Å². The molecule has 2 saturated heterocycles. The molecule has 0 aromatic carbocycles. The van der Waals surface area contributed by atoms with Crippen LogP contribution in [0.25, 0.3) is 0 Å². The van der Waals surface area contributed by atoms with Crippen molar-refractivity contribution in [2.24, 2.45) is 187 Å². The van der Waals surface area contributed by atoms with E-state index in [4.69, 9.17) is 4.74 Å². The van der Waals surface area contributed by atoms with Crippen LogP contribution in [0, 0.1) is 187 Å². The highest BCUT2D eigenvalue weighted by molar-refractivity contribution is 5.39. The van der Waals surface area contributed by atoms with Crippen molar-refractivity contribution in [3.63, 3.8) is 0 Å². The molecular weight excluding hydrogens is 1000 g/mol. The normalized spacial score (nSPS) is 70.9. The lowest BCUT2D eigenvalue weighted by Gasteiger charge is -2.57. The summed E-state index contributed by atoms with van der Waals surface area (Å²) in [5.74, 6) is 18.2. The summed E-state index contributed by atoms with van der Waals surface area (Å²) in [6.45, 7) is 46.0. The van der Waals surface area contributed by atoms with E-state index in [1.807, 2.05) is 0 Å². The van der Waals surface area contributed by atoms with Gasteiger partial charge in [0.15, 0.2) is 0 Å². The van der Waals surface area contributed by atoms with Gasteiger partial charge in [-0.15, -0.1) is 0 Å². The third-order valence-electron chi connectivity index (χ3n) is 41.7. The maximum absolute atomic E-state index is 5.87. The van der Waals surface area contributed by atoms with Gasteiger partial charge in [-0.25, -0.2) is 0 Å². The van der Waals surface area contributed by atoms with Crippen molar-refractivity contribution in [1.29, 1.82) is 0 Å². The van der Waals surface area contributed by atoms with E-state index >= 15 is 0 Å². The zero-order chi connectivity index (χ0) is 58.1. The number of ether oxygens (including phenoxy) is 1. The summed E-state index contributed by atoms with van der Waals surface area (Å²) >= 11 is 0. The first kappa shape index (κ1) is 55.8. The molecule has 1 heteroatoms. The van der Waals surface area contributed by atoms with E-state index in [-0.39, 0.29) is 0 Å². The zero-order valence-electron chi connectivity index (χ0n) is 57.8. The quantitative estimate of drug-likeness (QED) is 0.235. The Morgan fingerprint density at radius 3 is 0.711 bits per heavy atom. The highest BCUT2D eigenvalue weighted by Crippen LogP contribution is 2.97. The molecule has 0 radical (unpaired) electrons. The van der Waals surface area contributed by atoms with Crippen LogP contribution in [0.2, 0.25) is 0 Å². The van der Waals surface area contributed by atoms with E-state index in [1.165, 1.54) is 107 Å². The van der Waals surface area contributed by atoms with E-state index in [0.717, 1.165) is 125 Å². The third kappa shape index (κ3) is 6.19. The fraction of sp³-hybridized carbons (Fsp3) is 1.00. The predicted molar refractivity (Wildman–Crippen MR) is 342 cm³/mol. The van der Waals surface area contributed by atoms with Crippen LogP contribution in [0.5, 0.6) is 0 Å². The van der Waals surface area contributed by atoms with E-state index in [2.05, 4.69) is 125 Å². The molecule has 0 aromatic rings. The van der Waals surface area contributed by atoms with E-state index in [9.17, 15) is 0 Å². The lowest BCUT2D eigenvalue weighted by atomic mass is 9.48. The molecule has 16 bridgehead atoms. The van der Waals surface area contributed by atoms with E-state index in [0.29, 0.717) is 50.1 Å². The van der Waals surface area contributed by atoms with Crippen molar-refractivity contribution >= 4 is 0 Å². The standard InChI is InChI=1S/C14H22.2C13H22.C12H18.C10H16O.C10H14.C10H16/c1-13-9-3-4-10(13)8-12-6-5-11(7-9)14(12,13)2;1-10-5-11(2)8-12(3,6-10)13(4,7-10)9-11;1-11(2)9-5-12(3)6-10(11)8-13(12,4)7-9;1-11-7-3-8(11)6-10-4-9(5-7)12(10,11)2;1-9-3-7-5-10(9,2)6-8(4-9)11-7;1-9-5-3-7-8(4-6(5)9)10(7,9)2;1-9-3-7-5-10(9,2)6-8(7)4-9/h9-12H,3-8H2,1-2H3;5-9H2,1-4H3;9-10H,5-8H2,1-4H3;7-10H,3-6H2,1-2H3;7-8H,3-6H2,1-2H3;5-8H,3-4H2,1-2H3;7-8H,3-6H2,1-2H3. The molecule has 0 N–H and O–H groups in total. The van der Waals surface area contributed by atoms with Crippen LogP contribution in [-0.4, -0.2) is 12.2 Å². The summed E-state index contributed by atoms with van der Waals surface area (Å²) in [5, 5.41) is 0. The second-order valence-electron chi connectivity index (χ2n) is 44.3. The van der Waals surface area contributed by atoms with Crippen LogP contribution >= 0.6 is 0 Å². The Kier molecular flexibility index (Phi) is 10.4. The fourth-order valence-corrected chi connectivity index (χ4v) is 36.6. The lowest BCUT2D eigenvalue weighted by molar-refractivity contribution is -0.0907. The van der Waals surface area contributed by atoms with Crippen LogP contribution in [0.15, 0.2) is 0 Å². The zero-order valence-corrected chi connectivity index (χ0v) is 57.8. The molecular formula is C82H130O. The fourth-order valence-electron chi connectivity index (χ4n) is 36.6. The summed E-state index contributed by atoms with van der Waals surface area (Å²) in [5.41, 5.74) is 12.6. The van der Waals surface area contributed by atoms with Gasteiger partial charge in [0, 0.05) is 0 Å². The molecule has 26 aliphatic carbocycles. The van der Waals surface area contributed by atoms with Crippen LogP contribution < -0.4 is 0 Å². The highest BCUT2D eigenvalue weighted by atomic mass is 16.5. The summed E-state index contributed by atoms with van der Waals surface area (Å²) in [6, 6.07) is 0. The molecule has 28 aliphatic rings. The maximum Gasteiger partial charge on any atom is 0.0589 e. The number of rotatable bonds is 0. The molecule has 83 heavy (non-hydrogen) atoms. The van der Waals surface area contributed by atoms with Crippen LogP contribution in [0.4, 0.5) is 0 Å². The lowest BCUT2D eigenvalue weighted by Crippen LogP contribution is -2.51. The Morgan fingerprint density at radius 1 is 0.229 bits per heavy atom. The minimum atomic E-state index is 0.623. The Bertz CT molecular complexity index is 2490. The minimum Gasteiger partial charge on any atom is -0.375 e. The van der Waals surface area contributed by atoms with Gasteiger partial charge in [0.25, 0.3) is 0 Å². The first-order valence-corrected chi connectivity index (χ1v) is 38.1. The third-order valence-corrected chi connectivity index (χ3v) is 41.7. The maximum atomic E-state index is 5.87. The smallest absolute Gasteiger partial charge is 0.0589 e. The van der Waals surface area contributed by atoms with Crippen molar-refractivity contribution in [1.82, 2.24) is 0 Å². The first-order valence-electron chi connectivity index (χ1n) is 38.1. The van der Waals surface area contributed by atoms with Crippen molar-refractivity contribution < 1.29 is 4.74 Å². The predicted octanol–water partition coefficient (Wildman–Crippen LogP) is 22.3. The van der Waals surface area contributed by atoms with Crippen LogP contribution in [-0.2, 0) is 4.74 Å². The Morgan fingerprint density at radius 2 is 0.482 bits per heavy atom. The molecule has 0 spiro atoms. The van der Waals surface area contributed by atoms with Crippen LogP contribution in [0.1, 0.15) is 311 Å². The average Bonchev–Trinajstić information content (AvgIpc) is 1.42. The van der Waals surface area contributed by atoms with Gasteiger partial charge in [0.05, 0.1) is 12.2 Å². The van der Waals surface area contributed by atoms with Gasteiger partial charge in [-0.2, -0.15) is 0 Å². The van der Waals surface area contributed by atoms with Crippen molar-refractivity contribution in [2.75, 3.05) is 0 Å². The summed E-state index contributed by atoms with van der Waals surface area (Å²) in [7, 11) is 0. The molecule has 26 saturated carbocycles. The molecule has 8 unspecified atom stereocenters. The summed E-state index contributed by atoms with van der Waals surface area (Å²) in [6.07, 6.45) is 45.5. The molecule has 2 aliphatic heterocycles. The molecule has 8 atom stereocenters. The van der Waals surface area contributed by atoms with Crippen molar-refractivity contribution in [2.45, 2.75) is 323 Å². The molecule has 0 aromatic heterocycles. The van der Waals surface area contributed by atoms with Crippen LogP contribution in [0.3, 0.4) is 0 Å². The second kappa shape index (κ2) is 15.5. The van der Waals surface area contributed by atoms with Crippen molar-refractivity contribution in [3.05, 3.63) is 0 Å². The Hall–Kier alpha value is -0.0400. The van der Waals surface area contributed by atoms with Gasteiger partial charge in [0.1, 0.15) is 0 Å². The second-order valence-corrected chi connectivity index (χ2v) is 44.3. The van der Waals surface area contributed by atoms with E-state index < -0.39 is 0 Å². The average molecular weight is 1130 g/mol. The van der Waals surface area contributed by atoms with Gasteiger partial charge in [-0.1, -0.05) is 125 Å². The molecule has 2 heterocycles. The molecule has 1 nitrogen and oxygen atoms in total. The first-order chi connectivity index (χ1) is 38.5. The van der Waals surface area contributed by atoms with Gasteiger partial charge in [0.2, 0.25) is 0 Å². The molecule has 28 fully saturated rings. The molecule has 464 valence electrons. The topological polar surface area (TPSA) is 9.23 Å². The minimum absolute atomic E-state index is 0.623. The summed E-state index contributed by atoms with van der Waals surface area (Å²) < 4.78 is 5.87. The largest absolute Gasteiger partial charge is 0.375 e. The Labute approximate surface area is 511 Å². The SMILES string of the molecule is CC1(C)C2CC3(C)CC1CC3(C)C2.CC12C3CC1CC1CC(C3)C12C.CC12C3CC4C(CC31)C42C.CC12C3CCC1CC1CCC(C3)C12C.CC12CC3(C)CC(C)(C1)C(C)(C2)C3.CC12CC3CC1(C)CC(C2)O3.CC12CC3CC1(C)CC3C2. The monoisotopic (exact) mass is 1130 g/mol. The Balaban J connectivity index is 0.0000000742. The van der Waals surface area contributed by atoms with Gasteiger partial charge in [-0.3, -0.25) is 0 Å². The molecule has 0 amide bonds. The van der Waals surface area contributed by atoms with Gasteiger partial charge >= 0.3 is 0 Å².